The van der Waals surface area contributed by atoms with Crippen molar-refractivity contribution in [1.29, 1.82) is 0 Å². The van der Waals surface area contributed by atoms with Crippen molar-refractivity contribution in [2.75, 3.05) is 13.6 Å². The Labute approximate surface area is 147 Å². The number of aromatic nitrogens is 2. The minimum absolute atomic E-state index is 0.0185. The van der Waals surface area contributed by atoms with Crippen LogP contribution in [0.15, 0.2) is 44.1 Å². The number of likely N-dealkylation sites (N-methyl/N-ethyl adjacent to an activating group) is 1. The molecule has 0 saturated carbocycles. The van der Waals surface area contributed by atoms with Crippen LogP contribution in [0.3, 0.4) is 0 Å². The standard InChI is InChI=1S/C19H25N3O3/c1-13(17-20-12-16(25-17)19(2,3)4)21(5)10-11-22-14-8-6-7-9-15(14)24-18(22)23/h6-9,12-13H,10-11H2,1-5H3/t13-/m1/s1. The Morgan fingerprint density at radius 2 is 1.96 bits per heavy atom. The van der Waals surface area contributed by atoms with Crippen molar-refractivity contribution < 1.29 is 8.83 Å². The molecule has 0 bridgehead atoms. The summed E-state index contributed by atoms with van der Waals surface area (Å²) < 4.78 is 12.9. The maximum atomic E-state index is 12.1. The van der Waals surface area contributed by atoms with Gasteiger partial charge in [0.25, 0.3) is 0 Å². The summed E-state index contributed by atoms with van der Waals surface area (Å²) in [6.45, 7) is 9.57. The summed E-state index contributed by atoms with van der Waals surface area (Å²) in [6, 6.07) is 7.48. The maximum Gasteiger partial charge on any atom is 0.419 e. The fourth-order valence-corrected chi connectivity index (χ4v) is 2.69. The lowest BCUT2D eigenvalue weighted by molar-refractivity contribution is 0.209. The molecule has 0 aliphatic carbocycles. The molecule has 25 heavy (non-hydrogen) atoms. The van der Waals surface area contributed by atoms with Crippen molar-refractivity contribution in [2.24, 2.45) is 0 Å². The molecule has 0 radical (unpaired) electrons. The minimum atomic E-state index is -0.326. The number of hydrogen-bond donors (Lipinski definition) is 0. The van der Waals surface area contributed by atoms with Gasteiger partial charge in [0.15, 0.2) is 5.58 Å². The fourth-order valence-electron chi connectivity index (χ4n) is 2.69. The van der Waals surface area contributed by atoms with Gasteiger partial charge in [-0.2, -0.15) is 0 Å². The van der Waals surface area contributed by atoms with Crippen LogP contribution < -0.4 is 5.76 Å². The van der Waals surface area contributed by atoms with Crippen molar-refractivity contribution in [3.05, 3.63) is 52.7 Å². The smallest absolute Gasteiger partial charge is 0.419 e. The summed E-state index contributed by atoms with van der Waals surface area (Å²) in [5.41, 5.74) is 1.37. The number of oxazole rings is 2. The molecule has 6 heteroatoms. The zero-order chi connectivity index (χ0) is 18.2. The van der Waals surface area contributed by atoms with Gasteiger partial charge in [-0.3, -0.25) is 9.47 Å². The molecule has 0 unspecified atom stereocenters. The summed E-state index contributed by atoms with van der Waals surface area (Å²) in [6.07, 6.45) is 1.80. The Kier molecular flexibility index (Phi) is 4.56. The molecule has 3 aromatic rings. The fraction of sp³-hybridized carbons (Fsp3) is 0.474. The first-order valence-electron chi connectivity index (χ1n) is 8.52. The third-order valence-electron chi connectivity index (χ3n) is 4.53. The Balaban J connectivity index is 1.71. The van der Waals surface area contributed by atoms with Crippen molar-refractivity contribution in [3.8, 4) is 0 Å². The van der Waals surface area contributed by atoms with Crippen molar-refractivity contribution >= 4 is 11.1 Å². The lowest BCUT2D eigenvalue weighted by atomic mass is 9.94. The highest BCUT2D eigenvalue weighted by molar-refractivity contribution is 5.72. The van der Waals surface area contributed by atoms with E-state index in [4.69, 9.17) is 8.83 Å². The number of rotatable bonds is 5. The molecular formula is C19H25N3O3. The topological polar surface area (TPSA) is 64.4 Å². The van der Waals surface area contributed by atoms with Crippen molar-refractivity contribution in [3.63, 3.8) is 0 Å². The van der Waals surface area contributed by atoms with Gasteiger partial charge in [-0.1, -0.05) is 32.9 Å². The molecule has 134 valence electrons. The Hall–Kier alpha value is -2.34. The zero-order valence-electron chi connectivity index (χ0n) is 15.4. The van der Waals surface area contributed by atoms with E-state index in [9.17, 15) is 4.79 Å². The lowest BCUT2D eigenvalue weighted by Gasteiger charge is -2.22. The summed E-state index contributed by atoms with van der Waals surface area (Å²) in [7, 11) is 2.00. The first-order chi connectivity index (χ1) is 11.8. The number of nitrogens with zero attached hydrogens (tertiary/aromatic N) is 3. The number of fused-ring (bicyclic) bond motifs is 1. The van der Waals surface area contributed by atoms with E-state index in [-0.39, 0.29) is 17.2 Å². The van der Waals surface area contributed by atoms with Crippen LogP contribution in [0.2, 0.25) is 0 Å². The third-order valence-corrected chi connectivity index (χ3v) is 4.53. The molecule has 0 N–H and O–H groups in total. The second-order valence-corrected chi connectivity index (χ2v) is 7.46. The van der Waals surface area contributed by atoms with Crippen LogP contribution in [0.5, 0.6) is 0 Å². The van der Waals surface area contributed by atoms with Crippen molar-refractivity contribution in [2.45, 2.75) is 45.7 Å². The highest BCUT2D eigenvalue weighted by atomic mass is 16.4. The van der Waals surface area contributed by atoms with Gasteiger partial charge in [0.2, 0.25) is 5.89 Å². The Morgan fingerprint density at radius 1 is 1.24 bits per heavy atom. The molecule has 0 aliphatic heterocycles. The van der Waals surface area contributed by atoms with E-state index in [0.29, 0.717) is 24.6 Å². The quantitative estimate of drug-likeness (QED) is 0.708. The van der Waals surface area contributed by atoms with Gasteiger partial charge in [0.1, 0.15) is 5.76 Å². The molecule has 0 amide bonds. The average molecular weight is 343 g/mol. The number of para-hydroxylation sites is 2. The first kappa shape index (κ1) is 17.5. The van der Waals surface area contributed by atoms with Crippen LogP contribution in [0.1, 0.15) is 45.4 Å². The van der Waals surface area contributed by atoms with Gasteiger partial charge in [0, 0.05) is 18.5 Å². The van der Waals surface area contributed by atoms with Gasteiger partial charge >= 0.3 is 5.76 Å². The molecule has 3 rings (SSSR count). The minimum Gasteiger partial charge on any atom is -0.443 e. The van der Waals surface area contributed by atoms with Crippen LogP contribution in [-0.4, -0.2) is 28.0 Å². The molecule has 0 spiro atoms. The lowest BCUT2D eigenvalue weighted by Crippen LogP contribution is -2.29. The maximum absolute atomic E-state index is 12.1. The molecule has 0 fully saturated rings. The second kappa shape index (κ2) is 6.52. The van der Waals surface area contributed by atoms with Gasteiger partial charge in [-0.15, -0.1) is 0 Å². The number of benzene rings is 1. The molecule has 2 heterocycles. The predicted molar refractivity (Wildman–Crippen MR) is 96.7 cm³/mol. The van der Waals surface area contributed by atoms with Gasteiger partial charge in [-0.05, 0) is 26.1 Å². The van der Waals surface area contributed by atoms with Crippen LogP contribution in [-0.2, 0) is 12.0 Å². The molecule has 6 nitrogen and oxygen atoms in total. The Morgan fingerprint density at radius 3 is 2.64 bits per heavy atom. The Bertz CT molecular complexity index is 914. The molecule has 0 saturated heterocycles. The monoisotopic (exact) mass is 343 g/mol. The molecule has 0 aliphatic rings. The number of hydrogen-bond acceptors (Lipinski definition) is 5. The summed E-state index contributed by atoms with van der Waals surface area (Å²) >= 11 is 0. The summed E-state index contributed by atoms with van der Waals surface area (Å²) in [4.78, 5) is 18.6. The normalized spacial score (nSPS) is 13.7. The van der Waals surface area contributed by atoms with E-state index in [2.05, 4.69) is 37.6 Å². The van der Waals surface area contributed by atoms with E-state index in [1.165, 1.54) is 0 Å². The van der Waals surface area contributed by atoms with Gasteiger partial charge < -0.3 is 8.83 Å². The predicted octanol–water partition coefficient (Wildman–Crippen LogP) is 3.57. The van der Waals surface area contributed by atoms with Gasteiger partial charge in [-0.25, -0.2) is 9.78 Å². The second-order valence-electron chi connectivity index (χ2n) is 7.46. The SMILES string of the molecule is C[C@H](c1ncc(C(C)(C)C)o1)N(C)CCn1c(=O)oc2ccccc21. The van der Waals surface area contributed by atoms with E-state index in [1.54, 1.807) is 16.8 Å². The summed E-state index contributed by atoms with van der Waals surface area (Å²) in [5, 5.41) is 0. The van der Waals surface area contributed by atoms with E-state index in [1.807, 2.05) is 25.2 Å². The molecule has 1 atom stereocenters. The highest BCUT2D eigenvalue weighted by Gasteiger charge is 2.23. The highest BCUT2D eigenvalue weighted by Crippen LogP contribution is 2.26. The zero-order valence-corrected chi connectivity index (χ0v) is 15.4. The molecular weight excluding hydrogens is 318 g/mol. The van der Waals surface area contributed by atoms with Crippen LogP contribution >= 0.6 is 0 Å². The molecule has 1 aromatic carbocycles. The van der Waals surface area contributed by atoms with E-state index in [0.717, 1.165) is 11.3 Å². The largest absolute Gasteiger partial charge is 0.443 e. The van der Waals surface area contributed by atoms with E-state index >= 15 is 0 Å². The van der Waals surface area contributed by atoms with Crippen LogP contribution in [0, 0.1) is 0 Å². The van der Waals surface area contributed by atoms with E-state index < -0.39 is 0 Å². The van der Waals surface area contributed by atoms with Gasteiger partial charge in [0.05, 0.1) is 17.8 Å². The van der Waals surface area contributed by atoms with Crippen LogP contribution in [0.4, 0.5) is 0 Å². The molecule has 2 aromatic heterocycles. The average Bonchev–Trinajstić information content (AvgIpc) is 3.16. The van der Waals surface area contributed by atoms with Crippen LogP contribution in [0.25, 0.3) is 11.1 Å². The summed E-state index contributed by atoms with van der Waals surface area (Å²) in [5.74, 6) is 1.24. The first-order valence-corrected chi connectivity index (χ1v) is 8.52. The third kappa shape index (κ3) is 3.54. The van der Waals surface area contributed by atoms with Crippen molar-refractivity contribution in [1.82, 2.24) is 14.5 Å².